The van der Waals surface area contributed by atoms with E-state index in [2.05, 4.69) is 10.3 Å². The molecule has 2 N–H and O–H groups in total. The van der Waals surface area contributed by atoms with E-state index in [4.69, 9.17) is 14.6 Å². The topological polar surface area (TPSA) is 100 Å². The van der Waals surface area contributed by atoms with Crippen LogP contribution >= 0.6 is 0 Å². The van der Waals surface area contributed by atoms with E-state index in [1.54, 1.807) is 36.4 Å². The van der Waals surface area contributed by atoms with Gasteiger partial charge in [0.2, 0.25) is 11.8 Å². The lowest BCUT2D eigenvalue weighted by Crippen LogP contribution is -2.33. The Kier molecular flexibility index (Phi) is 5.85. The van der Waals surface area contributed by atoms with Gasteiger partial charge in [0.25, 0.3) is 0 Å². The smallest absolute Gasteiger partial charge is 0.414 e. The van der Waals surface area contributed by atoms with Crippen molar-refractivity contribution in [3.8, 4) is 11.1 Å². The van der Waals surface area contributed by atoms with Crippen molar-refractivity contribution in [2.45, 2.75) is 19.1 Å². The van der Waals surface area contributed by atoms with Crippen LogP contribution in [0.15, 0.2) is 47.5 Å². The van der Waals surface area contributed by atoms with E-state index >= 15 is 0 Å². The van der Waals surface area contributed by atoms with Crippen molar-refractivity contribution < 1.29 is 28.6 Å². The van der Waals surface area contributed by atoms with E-state index in [0.29, 0.717) is 29.3 Å². The highest BCUT2D eigenvalue weighted by molar-refractivity contribution is 5.95. The molecule has 0 bridgehead atoms. The molecule has 162 valence electrons. The zero-order chi connectivity index (χ0) is 22.0. The summed E-state index contributed by atoms with van der Waals surface area (Å²) >= 11 is 0. The molecule has 1 unspecified atom stereocenters. The summed E-state index contributed by atoms with van der Waals surface area (Å²) in [4.78, 5) is 28.8. The molecule has 0 radical (unpaired) electrons. The highest BCUT2D eigenvalue weighted by atomic mass is 19.1. The molecular weight excluding hydrogens is 405 g/mol. The number of aliphatic hydroxyl groups excluding tert-OH is 1. The van der Waals surface area contributed by atoms with Gasteiger partial charge in [-0.2, -0.15) is 0 Å². The van der Waals surface area contributed by atoms with Crippen molar-refractivity contribution in [1.82, 2.24) is 5.32 Å². The number of hydrogen-bond donors (Lipinski definition) is 2. The van der Waals surface area contributed by atoms with Gasteiger partial charge < -0.3 is 19.9 Å². The first-order chi connectivity index (χ1) is 14.9. The maximum atomic E-state index is 14.9. The summed E-state index contributed by atoms with van der Waals surface area (Å²) in [5, 5.41) is 11.8. The summed E-state index contributed by atoms with van der Waals surface area (Å²) in [5.41, 5.74) is 2.19. The van der Waals surface area contributed by atoms with Crippen molar-refractivity contribution in [2.75, 3.05) is 31.2 Å². The number of carbonyl (C=O) groups excluding carboxylic acids is 2. The van der Waals surface area contributed by atoms with Crippen LogP contribution < -0.4 is 10.2 Å². The average Bonchev–Trinajstić information content (AvgIpc) is 3.39. The van der Waals surface area contributed by atoms with Crippen LogP contribution in [0.25, 0.3) is 11.1 Å². The molecule has 1 fully saturated rings. The summed E-state index contributed by atoms with van der Waals surface area (Å²) in [7, 11) is 0. The first-order valence-corrected chi connectivity index (χ1v) is 9.89. The van der Waals surface area contributed by atoms with Crippen LogP contribution in [-0.4, -0.2) is 61.5 Å². The van der Waals surface area contributed by atoms with Gasteiger partial charge in [-0.25, -0.2) is 14.2 Å². The highest BCUT2D eigenvalue weighted by Crippen LogP contribution is 2.29. The molecule has 1 saturated heterocycles. The molecule has 4 rings (SSSR count). The number of amides is 2. The van der Waals surface area contributed by atoms with Gasteiger partial charge in [0, 0.05) is 18.1 Å². The van der Waals surface area contributed by atoms with Crippen molar-refractivity contribution in [3.05, 3.63) is 53.8 Å². The molecular formula is C22H22FN3O5. The van der Waals surface area contributed by atoms with Crippen molar-refractivity contribution in [3.63, 3.8) is 0 Å². The maximum Gasteiger partial charge on any atom is 0.414 e. The Morgan fingerprint density at radius 3 is 2.65 bits per heavy atom. The molecule has 2 aromatic carbocycles. The van der Waals surface area contributed by atoms with E-state index in [0.717, 1.165) is 5.56 Å². The number of nitrogens with one attached hydrogen (secondary N) is 1. The third-order valence-electron chi connectivity index (χ3n) is 5.08. The third-order valence-corrected chi connectivity index (χ3v) is 5.08. The van der Waals surface area contributed by atoms with Crippen molar-refractivity contribution in [1.29, 1.82) is 0 Å². The number of hydrogen-bond acceptors (Lipinski definition) is 6. The molecule has 31 heavy (non-hydrogen) atoms. The second-order valence-electron chi connectivity index (χ2n) is 7.38. The van der Waals surface area contributed by atoms with E-state index in [-0.39, 0.29) is 31.6 Å². The summed E-state index contributed by atoms with van der Waals surface area (Å²) in [5.74, 6) is -0.225. The molecule has 0 aliphatic carbocycles. The number of rotatable bonds is 6. The van der Waals surface area contributed by atoms with Crippen LogP contribution in [0.2, 0.25) is 0 Å². The number of anilines is 1. The SMILES string of the molecule is CC(=O)NC[C@H]1CN(c2ccc(-c3ccc(C4=NC(CO)CO4)cc3)c(F)c2)C(=O)O1. The molecule has 0 aromatic heterocycles. The third kappa shape index (κ3) is 4.51. The molecule has 9 heteroatoms. The maximum absolute atomic E-state index is 14.9. The number of ether oxygens (including phenoxy) is 2. The van der Waals surface area contributed by atoms with Gasteiger partial charge in [-0.05, 0) is 35.9 Å². The number of aliphatic hydroxyl groups is 1. The Labute approximate surface area is 178 Å². The van der Waals surface area contributed by atoms with Gasteiger partial charge in [0.1, 0.15) is 24.6 Å². The predicted octanol–water partition coefficient (Wildman–Crippen LogP) is 2.09. The first-order valence-electron chi connectivity index (χ1n) is 9.89. The minimum Gasteiger partial charge on any atom is -0.475 e. The zero-order valence-electron chi connectivity index (χ0n) is 16.9. The number of carbonyl (C=O) groups is 2. The highest BCUT2D eigenvalue weighted by Gasteiger charge is 2.32. The van der Waals surface area contributed by atoms with Gasteiger partial charge in [-0.3, -0.25) is 9.69 Å². The molecule has 2 atom stereocenters. The lowest BCUT2D eigenvalue weighted by molar-refractivity contribution is -0.119. The predicted molar refractivity (Wildman–Crippen MR) is 111 cm³/mol. The molecule has 2 amide bonds. The van der Waals surface area contributed by atoms with Crippen LogP contribution in [-0.2, 0) is 14.3 Å². The summed E-state index contributed by atoms with van der Waals surface area (Å²) in [6.45, 7) is 2.09. The van der Waals surface area contributed by atoms with E-state index < -0.39 is 18.0 Å². The Morgan fingerprint density at radius 1 is 1.26 bits per heavy atom. The average molecular weight is 427 g/mol. The Balaban J connectivity index is 1.48. The van der Waals surface area contributed by atoms with Gasteiger partial charge >= 0.3 is 6.09 Å². The van der Waals surface area contributed by atoms with Gasteiger partial charge in [-0.15, -0.1) is 0 Å². The fourth-order valence-electron chi connectivity index (χ4n) is 3.46. The molecule has 8 nitrogen and oxygen atoms in total. The van der Waals surface area contributed by atoms with Crippen molar-refractivity contribution in [2.24, 2.45) is 4.99 Å². The Hall–Kier alpha value is -3.46. The van der Waals surface area contributed by atoms with Gasteiger partial charge in [0.15, 0.2) is 0 Å². The van der Waals surface area contributed by atoms with Crippen LogP contribution in [0.4, 0.5) is 14.9 Å². The Morgan fingerprint density at radius 2 is 2.00 bits per heavy atom. The van der Waals surface area contributed by atoms with E-state index in [1.807, 2.05) is 0 Å². The normalized spacial score (nSPS) is 20.3. The quantitative estimate of drug-likeness (QED) is 0.735. The van der Waals surface area contributed by atoms with E-state index in [9.17, 15) is 14.0 Å². The molecule has 0 spiro atoms. The second-order valence-corrected chi connectivity index (χ2v) is 7.38. The summed E-state index contributed by atoms with van der Waals surface area (Å²) in [6.07, 6.45) is -1.07. The number of aliphatic imine (C=N–C) groups is 1. The number of nitrogens with zero attached hydrogens (tertiary/aromatic N) is 2. The number of benzene rings is 2. The van der Waals surface area contributed by atoms with Crippen LogP contribution in [0, 0.1) is 5.82 Å². The summed E-state index contributed by atoms with van der Waals surface area (Å²) < 4.78 is 25.6. The van der Waals surface area contributed by atoms with Crippen LogP contribution in [0.5, 0.6) is 0 Å². The van der Waals surface area contributed by atoms with Gasteiger partial charge in [0.05, 0.1) is 25.4 Å². The minimum atomic E-state index is -0.578. The molecule has 2 aliphatic heterocycles. The minimum absolute atomic E-state index is 0.0717. The molecule has 2 heterocycles. The monoisotopic (exact) mass is 427 g/mol. The van der Waals surface area contributed by atoms with E-state index in [1.165, 1.54) is 17.9 Å². The lowest BCUT2D eigenvalue weighted by atomic mass is 10.0. The van der Waals surface area contributed by atoms with Crippen LogP contribution in [0.1, 0.15) is 12.5 Å². The number of halogens is 1. The molecule has 2 aromatic rings. The fraction of sp³-hybridized carbons (Fsp3) is 0.318. The Bertz CT molecular complexity index is 1020. The largest absolute Gasteiger partial charge is 0.475 e. The fourth-order valence-corrected chi connectivity index (χ4v) is 3.46. The summed E-state index contributed by atoms with van der Waals surface area (Å²) in [6, 6.07) is 11.4. The zero-order valence-corrected chi connectivity index (χ0v) is 16.9. The van der Waals surface area contributed by atoms with Gasteiger partial charge in [-0.1, -0.05) is 12.1 Å². The molecule has 0 saturated carbocycles. The van der Waals surface area contributed by atoms with Crippen LogP contribution in [0.3, 0.4) is 0 Å². The van der Waals surface area contributed by atoms with Crippen molar-refractivity contribution >= 4 is 23.6 Å². The first kappa shape index (κ1) is 20.8. The second kappa shape index (κ2) is 8.73. The molecule has 2 aliphatic rings. The lowest BCUT2D eigenvalue weighted by Gasteiger charge is -2.14. The number of cyclic esters (lactones) is 1. The standard InChI is InChI=1S/C22H22FN3O5/c1-13(28)24-9-18-10-26(22(29)31-18)17-6-7-19(20(23)8-17)14-2-4-15(5-3-14)21-25-16(11-27)12-30-21/h2-8,16,18,27H,9-12H2,1H3,(H,24,28)/t16?,18-/m0/s1.